The lowest BCUT2D eigenvalue weighted by Gasteiger charge is -1.98. The van der Waals surface area contributed by atoms with Crippen LogP contribution in [0.3, 0.4) is 0 Å². The van der Waals surface area contributed by atoms with Crippen LogP contribution in [0.15, 0.2) is 46.5 Å². The predicted molar refractivity (Wildman–Crippen MR) is 73.8 cm³/mol. The first kappa shape index (κ1) is 10.8. The summed E-state index contributed by atoms with van der Waals surface area (Å²) in [6, 6.07) is 9.73. The van der Waals surface area contributed by atoms with Crippen molar-refractivity contribution >= 4 is 22.8 Å². The maximum absolute atomic E-state index is 12.3. The van der Waals surface area contributed by atoms with Crippen molar-refractivity contribution < 1.29 is 0 Å². The summed E-state index contributed by atoms with van der Waals surface area (Å²) >= 11 is 1.60. The van der Waals surface area contributed by atoms with Gasteiger partial charge in [-0.15, -0.1) is 5.10 Å². The fraction of sp³-hybridized carbons (Fsp3) is 0.154. The van der Waals surface area contributed by atoms with Crippen LogP contribution >= 0.6 is 11.8 Å². The van der Waals surface area contributed by atoms with E-state index in [1.807, 2.05) is 30.3 Å². The minimum Gasteiger partial charge on any atom is -0.286 e. The highest BCUT2D eigenvalue weighted by molar-refractivity contribution is 7.99. The van der Waals surface area contributed by atoms with Gasteiger partial charge < -0.3 is 0 Å². The van der Waals surface area contributed by atoms with E-state index in [-0.39, 0.29) is 5.56 Å². The Morgan fingerprint density at radius 1 is 1.21 bits per heavy atom. The van der Waals surface area contributed by atoms with Gasteiger partial charge in [0.2, 0.25) is 0 Å². The van der Waals surface area contributed by atoms with E-state index < -0.39 is 0 Å². The molecule has 0 aliphatic carbocycles. The summed E-state index contributed by atoms with van der Waals surface area (Å²) in [5.41, 5.74) is 1.46. The minimum absolute atomic E-state index is 0.00665. The van der Waals surface area contributed by atoms with Gasteiger partial charge in [0, 0.05) is 18.5 Å². The quantitative estimate of drug-likeness (QED) is 0.631. The fourth-order valence-electron chi connectivity index (χ4n) is 2.23. The van der Waals surface area contributed by atoms with E-state index in [9.17, 15) is 4.79 Å². The molecule has 0 bridgehead atoms. The molecule has 1 aliphatic rings. The van der Waals surface area contributed by atoms with Crippen LogP contribution in [-0.2, 0) is 6.54 Å². The van der Waals surface area contributed by atoms with Gasteiger partial charge in [-0.2, -0.15) is 0 Å². The zero-order valence-electron chi connectivity index (χ0n) is 9.98. The Labute approximate surface area is 112 Å². The second-order valence-electron chi connectivity index (χ2n) is 4.35. The highest BCUT2D eigenvalue weighted by atomic mass is 32.2. The Morgan fingerprint density at radius 2 is 2.05 bits per heavy atom. The molecule has 0 saturated carbocycles. The summed E-state index contributed by atoms with van der Waals surface area (Å²) in [4.78, 5) is 16.8. The van der Waals surface area contributed by atoms with Gasteiger partial charge in [-0.1, -0.05) is 30.0 Å². The third-order valence-electron chi connectivity index (χ3n) is 3.17. The summed E-state index contributed by atoms with van der Waals surface area (Å²) < 4.78 is 3.43. The molecule has 2 aromatic heterocycles. The lowest BCUT2D eigenvalue weighted by atomic mass is 10.3. The molecule has 94 valence electrons. The van der Waals surface area contributed by atoms with E-state index in [1.54, 1.807) is 27.2 Å². The van der Waals surface area contributed by atoms with E-state index in [1.165, 1.54) is 0 Å². The Bertz CT molecular complexity index is 822. The highest BCUT2D eigenvalue weighted by Crippen LogP contribution is 2.23. The molecule has 3 aromatic rings. The topological polar surface area (TPSA) is 52.7 Å². The molecular formula is C13H10N4OS. The van der Waals surface area contributed by atoms with Crippen molar-refractivity contribution in [3.8, 4) is 5.69 Å². The number of hydrogen-bond donors (Lipinski definition) is 0. The van der Waals surface area contributed by atoms with Crippen molar-refractivity contribution in [3.63, 3.8) is 0 Å². The third kappa shape index (κ3) is 1.60. The van der Waals surface area contributed by atoms with E-state index in [2.05, 4.69) is 10.1 Å². The standard InChI is InChI=1S/C13H10N4OS/c18-12-10-8-17(9-4-2-1-3-5-9)15-11(10)14-13-16(12)6-7-19-13/h1-5,8H,6-7H2. The van der Waals surface area contributed by atoms with Crippen LogP contribution in [0.1, 0.15) is 0 Å². The maximum Gasteiger partial charge on any atom is 0.265 e. The van der Waals surface area contributed by atoms with Crippen LogP contribution in [0.5, 0.6) is 0 Å². The fourth-order valence-corrected chi connectivity index (χ4v) is 3.17. The molecule has 4 rings (SSSR count). The summed E-state index contributed by atoms with van der Waals surface area (Å²) in [6.07, 6.45) is 1.76. The van der Waals surface area contributed by atoms with E-state index in [4.69, 9.17) is 0 Å². The first-order chi connectivity index (χ1) is 9.33. The molecule has 1 aliphatic heterocycles. The maximum atomic E-state index is 12.3. The van der Waals surface area contributed by atoms with E-state index in [0.717, 1.165) is 23.1 Å². The van der Waals surface area contributed by atoms with E-state index in [0.29, 0.717) is 11.0 Å². The number of thioether (sulfide) groups is 1. The average molecular weight is 270 g/mol. The van der Waals surface area contributed by atoms with Gasteiger partial charge >= 0.3 is 0 Å². The second kappa shape index (κ2) is 3.96. The minimum atomic E-state index is 0.00665. The monoisotopic (exact) mass is 270 g/mol. The summed E-state index contributed by atoms with van der Waals surface area (Å²) in [5.74, 6) is 0.910. The lowest BCUT2D eigenvalue weighted by Crippen LogP contribution is -2.19. The van der Waals surface area contributed by atoms with Crippen molar-refractivity contribution in [1.29, 1.82) is 0 Å². The van der Waals surface area contributed by atoms with Crippen LogP contribution < -0.4 is 5.56 Å². The van der Waals surface area contributed by atoms with E-state index >= 15 is 0 Å². The van der Waals surface area contributed by atoms with Gasteiger partial charge in [0.25, 0.3) is 5.56 Å². The Balaban J connectivity index is 1.99. The predicted octanol–water partition coefficient (Wildman–Crippen LogP) is 1.69. The number of rotatable bonds is 1. The Kier molecular flexibility index (Phi) is 2.25. The highest BCUT2D eigenvalue weighted by Gasteiger charge is 2.18. The van der Waals surface area contributed by atoms with Crippen LogP contribution in [0, 0.1) is 0 Å². The molecule has 1 aromatic carbocycles. The molecule has 0 unspecified atom stereocenters. The van der Waals surface area contributed by atoms with Gasteiger partial charge in [0.05, 0.1) is 5.69 Å². The zero-order valence-corrected chi connectivity index (χ0v) is 10.8. The number of nitrogens with zero attached hydrogens (tertiary/aromatic N) is 4. The SMILES string of the molecule is O=c1c2cn(-c3ccccc3)nc2nc2n1CCS2. The number of para-hydroxylation sites is 1. The van der Waals surface area contributed by atoms with Crippen molar-refractivity contribution in [2.24, 2.45) is 0 Å². The molecule has 6 heteroatoms. The van der Waals surface area contributed by atoms with Gasteiger partial charge in [0.15, 0.2) is 10.8 Å². The molecule has 0 fully saturated rings. The number of aromatic nitrogens is 4. The molecule has 0 amide bonds. The molecule has 0 saturated heterocycles. The number of fused-ring (bicyclic) bond motifs is 2. The van der Waals surface area contributed by atoms with Crippen LogP contribution in [0.4, 0.5) is 0 Å². The average Bonchev–Trinajstić information content (AvgIpc) is 3.06. The van der Waals surface area contributed by atoms with Crippen LogP contribution in [0.25, 0.3) is 16.7 Å². The molecule has 0 N–H and O–H groups in total. The normalized spacial score (nSPS) is 13.9. The largest absolute Gasteiger partial charge is 0.286 e. The third-order valence-corrected chi connectivity index (χ3v) is 4.13. The number of benzene rings is 1. The first-order valence-electron chi connectivity index (χ1n) is 6.01. The Morgan fingerprint density at radius 3 is 2.89 bits per heavy atom. The van der Waals surface area contributed by atoms with Crippen LogP contribution in [0.2, 0.25) is 0 Å². The lowest BCUT2D eigenvalue weighted by molar-refractivity contribution is 0.667. The van der Waals surface area contributed by atoms with Gasteiger partial charge in [0.1, 0.15) is 5.39 Å². The molecular weight excluding hydrogens is 260 g/mol. The molecule has 19 heavy (non-hydrogen) atoms. The van der Waals surface area contributed by atoms with Gasteiger partial charge in [-0.3, -0.25) is 9.36 Å². The van der Waals surface area contributed by atoms with Crippen molar-refractivity contribution in [3.05, 3.63) is 46.9 Å². The summed E-state index contributed by atoms with van der Waals surface area (Å²) in [7, 11) is 0. The molecule has 0 atom stereocenters. The Hall–Kier alpha value is -2.08. The molecule has 0 spiro atoms. The summed E-state index contributed by atoms with van der Waals surface area (Å²) in [5, 5.41) is 5.75. The first-order valence-corrected chi connectivity index (χ1v) is 7.00. The molecule has 0 radical (unpaired) electrons. The molecule has 3 heterocycles. The van der Waals surface area contributed by atoms with Crippen molar-refractivity contribution in [2.45, 2.75) is 11.7 Å². The number of hydrogen-bond acceptors (Lipinski definition) is 4. The second-order valence-corrected chi connectivity index (χ2v) is 5.41. The smallest absolute Gasteiger partial charge is 0.265 e. The van der Waals surface area contributed by atoms with Gasteiger partial charge in [-0.25, -0.2) is 9.67 Å². The zero-order chi connectivity index (χ0) is 12.8. The van der Waals surface area contributed by atoms with Gasteiger partial charge in [-0.05, 0) is 12.1 Å². The van der Waals surface area contributed by atoms with Crippen molar-refractivity contribution in [1.82, 2.24) is 19.3 Å². The molecule has 5 nitrogen and oxygen atoms in total. The summed E-state index contributed by atoms with van der Waals surface area (Å²) in [6.45, 7) is 0.734. The van der Waals surface area contributed by atoms with Crippen LogP contribution in [-0.4, -0.2) is 25.1 Å². The van der Waals surface area contributed by atoms with Crippen molar-refractivity contribution in [2.75, 3.05) is 5.75 Å².